The molecule has 1 radical (unpaired) electrons. The van der Waals surface area contributed by atoms with E-state index in [2.05, 4.69) is 17.8 Å². The van der Waals surface area contributed by atoms with Crippen LogP contribution in [-0.2, 0) is 0 Å². The molecule has 1 heterocycles. The summed E-state index contributed by atoms with van der Waals surface area (Å²) in [5, 5.41) is 0. The van der Waals surface area contributed by atoms with Crippen molar-refractivity contribution < 1.29 is 0 Å². The highest BCUT2D eigenvalue weighted by Crippen LogP contribution is 1.95. The molecule has 0 N–H and O–H groups in total. The minimum atomic E-state index is 0.744. The molecule has 0 saturated carbocycles. The standard InChI is InChI=1S/C8H6N/c1-3-8-5-4-7(2)9-6-8/h1,4-6H,2H2. The second-order valence-corrected chi connectivity index (χ2v) is 1.68. The van der Waals surface area contributed by atoms with Crippen LogP contribution < -0.4 is 0 Å². The van der Waals surface area contributed by atoms with Gasteiger partial charge in [0, 0.05) is 17.5 Å². The fraction of sp³-hybridized carbons (Fsp3) is 0. The normalized spacial score (nSPS) is 8.44. The number of hydrogen-bond donors (Lipinski definition) is 0. The van der Waals surface area contributed by atoms with E-state index in [1.54, 1.807) is 12.3 Å². The number of aromatic nitrogens is 1. The van der Waals surface area contributed by atoms with Crippen molar-refractivity contribution >= 4 is 0 Å². The molecule has 0 spiro atoms. The molecule has 0 aromatic carbocycles. The first-order valence-electron chi connectivity index (χ1n) is 2.57. The Hall–Kier alpha value is -1.29. The van der Waals surface area contributed by atoms with Crippen LogP contribution in [0.1, 0.15) is 11.3 Å². The Morgan fingerprint density at radius 1 is 1.56 bits per heavy atom. The van der Waals surface area contributed by atoms with Crippen molar-refractivity contribution in [2.24, 2.45) is 0 Å². The topological polar surface area (TPSA) is 12.9 Å². The van der Waals surface area contributed by atoms with Crippen molar-refractivity contribution in [2.45, 2.75) is 0 Å². The number of pyridine rings is 1. The van der Waals surface area contributed by atoms with Crippen LogP contribution in [0.3, 0.4) is 0 Å². The summed E-state index contributed by atoms with van der Waals surface area (Å²) in [6, 6.07) is 3.60. The Labute approximate surface area is 54.7 Å². The van der Waals surface area contributed by atoms with Gasteiger partial charge in [0.25, 0.3) is 0 Å². The summed E-state index contributed by atoms with van der Waals surface area (Å²) in [7, 11) is 0. The lowest BCUT2D eigenvalue weighted by Gasteiger charge is -1.88. The van der Waals surface area contributed by atoms with Crippen LogP contribution in [0.25, 0.3) is 0 Å². The van der Waals surface area contributed by atoms with Gasteiger partial charge in [0.2, 0.25) is 0 Å². The molecule has 0 saturated heterocycles. The van der Waals surface area contributed by atoms with Crippen molar-refractivity contribution in [1.29, 1.82) is 0 Å². The van der Waals surface area contributed by atoms with Gasteiger partial charge in [-0.1, -0.05) is 5.92 Å². The van der Waals surface area contributed by atoms with Crippen LogP contribution in [0.2, 0.25) is 0 Å². The zero-order valence-corrected chi connectivity index (χ0v) is 4.96. The number of nitrogens with zero attached hydrogens (tertiary/aromatic N) is 1. The summed E-state index contributed by atoms with van der Waals surface area (Å²) in [4.78, 5) is 3.90. The lowest BCUT2D eigenvalue weighted by molar-refractivity contribution is 1.26. The average molecular weight is 116 g/mol. The maximum absolute atomic E-state index is 5.09. The largest absolute Gasteiger partial charge is 0.260 e. The summed E-state index contributed by atoms with van der Waals surface area (Å²) in [6.45, 7) is 3.62. The first-order chi connectivity index (χ1) is 4.33. The molecule has 43 valence electrons. The van der Waals surface area contributed by atoms with E-state index in [0.29, 0.717) is 0 Å². The van der Waals surface area contributed by atoms with E-state index >= 15 is 0 Å². The zero-order chi connectivity index (χ0) is 6.69. The van der Waals surface area contributed by atoms with E-state index < -0.39 is 0 Å². The summed E-state index contributed by atoms with van der Waals surface area (Å²) in [5.41, 5.74) is 1.54. The lowest BCUT2D eigenvalue weighted by Crippen LogP contribution is -1.79. The predicted molar refractivity (Wildman–Crippen MR) is 36.6 cm³/mol. The van der Waals surface area contributed by atoms with E-state index in [1.807, 2.05) is 6.07 Å². The molecule has 0 unspecified atom stereocenters. The molecule has 1 nitrogen and oxygen atoms in total. The van der Waals surface area contributed by atoms with E-state index in [9.17, 15) is 0 Å². The average Bonchev–Trinajstić information content (AvgIpc) is 1.90. The second kappa shape index (κ2) is 2.32. The third kappa shape index (κ3) is 1.30. The van der Waals surface area contributed by atoms with Crippen LogP contribution in [0.4, 0.5) is 0 Å². The van der Waals surface area contributed by atoms with Gasteiger partial charge in [-0.2, -0.15) is 0 Å². The molecule has 0 bridgehead atoms. The Morgan fingerprint density at radius 2 is 2.33 bits per heavy atom. The number of rotatable bonds is 0. The van der Waals surface area contributed by atoms with Gasteiger partial charge in [0.1, 0.15) is 0 Å². The molecule has 0 atom stereocenters. The second-order valence-electron chi connectivity index (χ2n) is 1.68. The molecule has 1 aromatic rings. The summed E-state index contributed by atoms with van der Waals surface area (Å²) in [6.07, 6.45) is 6.72. The molecular weight excluding hydrogens is 110 g/mol. The van der Waals surface area contributed by atoms with Crippen molar-refractivity contribution in [1.82, 2.24) is 4.98 Å². The van der Waals surface area contributed by atoms with E-state index in [4.69, 9.17) is 6.42 Å². The fourth-order valence-electron chi connectivity index (χ4n) is 0.510. The molecule has 0 aliphatic heterocycles. The van der Waals surface area contributed by atoms with Gasteiger partial charge in [-0.25, -0.2) is 0 Å². The third-order valence-electron chi connectivity index (χ3n) is 0.991. The first kappa shape index (κ1) is 5.84. The first-order valence-corrected chi connectivity index (χ1v) is 2.57. The molecular formula is C8H6N. The highest BCUT2D eigenvalue weighted by atomic mass is 14.6. The van der Waals surface area contributed by atoms with Gasteiger partial charge in [-0.3, -0.25) is 4.98 Å². The lowest BCUT2D eigenvalue weighted by atomic mass is 10.3. The highest BCUT2D eigenvalue weighted by molar-refractivity contribution is 5.30. The van der Waals surface area contributed by atoms with Crippen molar-refractivity contribution in [3.8, 4) is 12.3 Å². The highest BCUT2D eigenvalue weighted by Gasteiger charge is 1.84. The monoisotopic (exact) mass is 116 g/mol. The molecule has 1 aromatic heterocycles. The molecule has 1 rings (SSSR count). The Bertz CT molecular complexity index is 228. The number of terminal acetylenes is 1. The van der Waals surface area contributed by atoms with Gasteiger partial charge >= 0.3 is 0 Å². The predicted octanol–water partition coefficient (Wildman–Crippen LogP) is 1.25. The van der Waals surface area contributed by atoms with Crippen LogP contribution in [0, 0.1) is 19.3 Å². The smallest absolute Gasteiger partial charge is 0.0427 e. The van der Waals surface area contributed by atoms with E-state index in [-0.39, 0.29) is 0 Å². The minimum Gasteiger partial charge on any atom is -0.260 e. The minimum absolute atomic E-state index is 0.744. The van der Waals surface area contributed by atoms with Crippen LogP contribution >= 0.6 is 0 Å². The van der Waals surface area contributed by atoms with E-state index in [1.165, 1.54) is 0 Å². The van der Waals surface area contributed by atoms with Crippen LogP contribution in [-0.4, -0.2) is 4.98 Å². The van der Waals surface area contributed by atoms with Crippen molar-refractivity contribution in [2.75, 3.05) is 0 Å². The van der Waals surface area contributed by atoms with Crippen LogP contribution in [0.5, 0.6) is 0 Å². The molecule has 0 amide bonds. The molecule has 0 aliphatic carbocycles. The van der Waals surface area contributed by atoms with Gasteiger partial charge < -0.3 is 0 Å². The maximum atomic E-state index is 5.09. The van der Waals surface area contributed by atoms with Crippen LogP contribution in [0.15, 0.2) is 18.3 Å². The fourth-order valence-corrected chi connectivity index (χ4v) is 0.510. The van der Waals surface area contributed by atoms with Gasteiger partial charge in [0.05, 0.1) is 0 Å². The van der Waals surface area contributed by atoms with Gasteiger partial charge in [-0.05, 0) is 19.1 Å². The van der Waals surface area contributed by atoms with Crippen molar-refractivity contribution in [3.05, 3.63) is 36.5 Å². The zero-order valence-electron chi connectivity index (χ0n) is 4.96. The Balaban J connectivity index is 3.06. The molecule has 0 aliphatic rings. The quantitative estimate of drug-likeness (QED) is 0.465. The van der Waals surface area contributed by atoms with E-state index in [0.717, 1.165) is 11.3 Å². The van der Waals surface area contributed by atoms with Gasteiger partial charge in [-0.15, -0.1) is 6.42 Å². The Kier molecular flexibility index (Phi) is 1.51. The maximum Gasteiger partial charge on any atom is 0.0427 e. The molecule has 1 heteroatoms. The Morgan fingerprint density at radius 3 is 2.78 bits per heavy atom. The third-order valence-corrected chi connectivity index (χ3v) is 0.991. The summed E-state index contributed by atoms with van der Waals surface area (Å²) in [5.74, 6) is 2.46. The van der Waals surface area contributed by atoms with Crippen molar-refractivity contribution in [3.63, 3.8) is 0 Å². The number of hydrogen-bond acceptors (Lipinski definition) is 1. The SMILES string of the molecule is C#Cc1ccc([CH2])nc1. The summed E-state index contributed by atoms with van der Waals surface area (Å²) < 4.78 is 0. The van der Waals surface area contributed by atoms with Gasteiger partial charge in [0.15, 0.2) is 0 Å². The summed E-state index contributed by atoms with van der Waals surface area (Å²) >= 11 is 0. The molecule has 0 fully saturated rings. The molecule has 9 heavy (non-hydrogen) atoms.